The molecule has 21 heavy (non-hydrogen) atoms. The van der Waals surface area contributed by atoms with Gasteiger partial charge >= 0.3 is 5.97 Å². The normalized spacial score (nSPS) is 23.0. The number of carboxylic acids is 1. The van der Waals surface area contributed by atoms with E-state index in [0.717, 1.165) is 0 Å². The Labute approximate surface area is 127 Å². The largest absolute Gasteiger partial charge is 0.481 e. The van der Waals surface area contributed by atoms with Gasteiger partial charge in [0, 0.05) is 29.2 Å². The van der Waals surface area contributed by atoms with Crippen molar-refractivity contribution in [1.29, 1.82) is 0 Å². The molecule has 0 radical (unpaired) electrons. The minimum absolute atomic E-state index is 0.00931. The highest BCUT2D eigenvalue weighted by Crippen LogP contribution is 2.29. The molecule has 1 fully saturated rings. The van der Waals surface area contributed by atoms with Gasteiger partial charge < -0.3 is 5.11 Å². The van der Waals surface area contributed by atoms with E-state index in [1.165, 1.54) is 6.07 Å². The van der Waals surface area contributed by atoms with E-state index < -0.39 is 10.9 Å². The minimum atomic E-state index is -0.765. The van der Waals surface area contributed by atoms with Crippen LogP contribution >= 0.6 is 11.6 Å². The molecule has 114 valence electrons. The van der Waals surface area contributed by atoms with Crippen LogP contribution in [0.2, 0.25) is 5.02 Å². The van der Waals surface area contributed by atoms with Crippen molar-refractivity contribution >= 4 is 23.3 Å². The molecule has 2 unspecified atom stereocenters. The van der Waals surface area contributed by atoms with E-state index in [2.05, 4.69) is 4.90 Å². The third kappa shape index (κ3) is 3.71. The fourth-order valence-corrected chi connectivity index (χ4v) is 2.91. The van der Waals surface area contributed by atoms with Gasteiger partial charge in [0.05, 0.1) is 10.8 Å². The molecule has 0 aromatic heterocycles. The number of piperidine rings is 1. The molecule has 1 aliphatic heterocycles. The highest BCUT2D eigenvalue weighted by atomic mass is 35.5. The Kier molecular flexibility index (Phi) is 4.80. The first-order chi connectivity index (χ1) is 9.88. The van der Waals surface area contributed by atoms with Crippen LogP contribution in [0.4, 0.5) is 5.69 Å². The Hall–Kier alpha value is -1.66. The number of rotatable bonds is 4. The fourth-order valence-electron chi connectivity index (χ4n) is 2.74. The molecular formula is C14H17ClN2O4. The number of nitro benzene ring substituents is 1. The van der Waals surface area contributed by atoms with Crippen molar-refractivity contribution in [3.63, 3.8) is 0 Å². The summed E-state index contributed by atoms with van der Waals surface area (Å²) in [6.07, 6.45) is 1.14. The smallest absolute Gasteiger partial charge is 0.306 e. The number of carboxylic acid groups (broad SMARTS) is 1. The molecule has 0 amide bonds. The van der Waals surface area contributed by atoms with Crippen LogP contribution in [0.5, 0.6) is 0 Å². The van der Waals surface area contributed by atoms with Gasteiger partial charge in [0.2, 0.25) is 0 Å². The Morgan fingerprint density at radius 2 is 2.29 bits per heavy atom. The zero-order valence-corrected chi connectivity index (χ0v) is 12.4. The summed E-state index contributed by atoms with van der Waals surface area (Å²) in [5.41, 5.74) is 0.611. The average molecular weight is 313 g/mol. The summed E-state index contributed by atoms with van der Waals surface area (Å²) < 4.78 is 0. The molecule has 1 heterocycles. The third-order valence-corrected chi connectivity index (χ3v) is 4.22. The molecule has 6 nitrogen and oxygen atoms in total. The summed E-state index contributed by atoms with van der Waals surface area (Å²) >= 11 is 5.80. The first kappa shape index (κ1) is 15.7. The van der Waals surface area contributed by atoms with Crippen molar-refractivity contribution < 1.29 is 14.8 Å². The number of likely N-dealkylation sites (tertiary alicyclic amines) is 1. The molecule has 1 saturated heterocycles. The van der Waals surface area contributed by atoms with Crippen molar-refractivity contribution in [2.75, 3.05) is 6.54 Å². The van der Waals surface area contributed by atoms with Crippen molar-refractivity contribution in [1.82, 2.24) is 4.90 Å². The summed E-state index contributed by atoms with van der Waals surface area (Å²) in [5.74, 6) is -1.09. The van der Waals surface area contributed by atoms with E-state index in [9.17, 15) is 14.9 Å². The molecule has 2 rings (SSSR count). The molecule has 1 aromatic rings. The zero-order valence-electron chi connectivity index (χ0n) is 11.7. The second-order valence-electron chi connectivity index (χ2n) is 5.41. The van der Waals surface area contributed by atoms with Crippen LogP contribution in [0.3, 0.4) is 0 Å². The topological polar surface area (TPSA) is 83.7 Å². The van der Waals surface area contributed by atoms with Gasteiger partial charge in [0.1, 0.15) is 0 Å². The van der Waals surface area contributed by atoms with E-state index in [1.807, 2.05) is 6.92 Å². The monoisotopic (exact) mass is 312 g/mol. The van der Waals surface area contributed by atoms with Gasteiger partial charge in [-0.3, -0.25) is 19.8 Å². The second-order valence-corrected chi connectivity index (χ2v) is 5.85. The van der Waals surface area contributed by atoms with E-state index in [0.29, 0.717) is 36.5 Å². The van der Waals surface area contributed by atoms with Gasteiger partial charge in [0.25, 0.3) is 5.69 Å². The lowest BCUT2D eigenvalue weighted by Gasteiger charge is -2.36. The molecule has 0 spiro atoms. The van der Waals surface area contributed by atoms with Crippen LogP contribution < -0.4 is 0 Å². The van der Waals surface area contributed by atoms with Crippen molar-refractivity contribution in [3.05, 3.63) is 38.9 Å². The number of nitrogens with zero attached hydrogens (tertiary/aromatic N) is 2. The third-order valence-electron chi connectivity index (χ3n) is 3.98. The summed E-state index contributed by atoms with van der Waals surface area (Å²) in [6, 6.07) is 4.73. The number of hydrogen-bond acceptors (Lipinski definition) is 4. The summed E-state index contributed by atoms with van der Waals surface area (Å²) in [4.78, 5) is 23.8. The van der Waals surface area contributed by atoms with Gasteiger partial charge in [-0.15, -0.1) is 0 Å². The predicted molar refractivity (Wildman–Crippen MR) is 78.3 cm³/mol. The summed E-state index contributed by atoms with van der Waals surface area (Å²) in [6.45, 7) is 3.01. The van der Waals surface area contributed by atoms with E-state index >= 15 is 0 Å². The van der Waals surface area contributed by atoms with Crippen molar-refractivity contribution in [2.24, 2.45) is 5.92 Å². The lowest BCUT2D eigenvalue weighted by molar-refractivity contribution is -0.385. The van der Waals surface area contributed by atoms with Crippen LogP contribution in [-0.2, 0) is 11.3 Å². The predicted octanol–water partition coefficient (Wildman–Crippen LogP) is 2.93. The molecule has 1 aliphatic rings. The molecule has 1 aromatic carbocycles. The summed E-state index contributed by atoms with van der Waals surface area (Å²) in [5, 5.41) is 20.5. The molecule has 0 saturated carbocycles. The number of halogens is 1. The molecule has 7 heteroatoms. The number of benzene rings is 1. The number of carbonyl (C=O) groups is 1. The van der Waals surface area contributed by atoms with Gasteiger partial charge in [-0.05, 0) is 38.4 Å². The summed E-state index contributed by atoms with van der Waals surface area (Å²) in [7, 11) is 0. The van der Waals surface area contributed by atoms with Gasteiger partial charge in [-0.25, -0.2) is 0 Å². The zero-order chi connectivity index (χ0) is 15.6. The first-order valence-electron chi connectivity index (χ1n) is 6.78. The van der Waals surface area contributed by atoms with Gasteiger partial charge in [-0.2, -0.15) is 0 Å². The van der Waals surface area contributed by atoms with E-state index in [4.69, 9.17) is 16.7 Å². The average Bonchev–Trinajstić information content (AvgIpc) is 2.42. The van der Waals surface area contributed by atoms with Crippen LogP contribution in [0.25, 0.3) is 0 Å². The maximum absolute atomic E-state index is 11.1. The highest BCUT2D eigenvalue weighted by molar-refractivity contribution is 6.30. The number of hydrogen-bond donors (Lipinski definition) is 1. The lowest BCUT2D eigenvalue weighted by atomic mass is 9.91. The first-order valence-corrected chi connectivity index (χ1v) is 7.16. The second kappa shape index (κ2) is 6.41. The van der Waals surface area contributed by atoms with Crippen LogP contribution in [0.15, 0.2) is 18.2 Å². The minimum Gasteiger partial charge on any atom is -0.481 e. The van der Waals surface area contributed by atoms with Crippen LogP contribution in [0, 0.1) is 16.0 Å². The standard InChI is InChI=1S/C14H17ClN2O4/c1-9-6-10(14(18)19)4-5-16(9)8-11-2-3-12(15)7-13(11)17(20)21/h2-3,7,9-10H,4-6,8H2,1H3,(H,18,19). The maximum Gasteiger partial charge on any atom is 0.306 e. The van der Waals surface area contributed by atoms with Gasteiger partial charge in [-0.1, -0.05) is 11.6 Å². The molecule has 2 atom stereocenters. The molecule has 0 bridgehead atoms. The fraction of sp³-hybridized carbons (Fsp3) is 0.500. The number of nitro groups is 1. The van der Waals surface area contributed by atoms with Crippen LogP contribution in [0.1, 0.15) is 25.3 Å². The Bertz CT molecular complexity index is 564. The Morgan fingerprint density at radius 1 is 1.57 bits per heavy atom. The molecule has 1 N–H and O–H groups in total. The van der Waals surface area contributed by atoms with E-state index in [-0.39, 0.29) is 17.6 Å². The maximum atomic E-state index is 11.1. The number of aliphatic carboxylic acids is 1. The quantitative estimate of drug-likeness (QED) is 0.682. The SMILES string of the molecule is CC1CC(C(=O)O)CCN1Cc1ccc(Cl)cc1[N+](=O)[O-]. The van der Waals surface area contributed by atoms with Crippen molar-refractivity contribution in [3.8, 4) is 0 Å². The van der Waals surface area contributed by atoms with Crippen LogP contribution in [-0.4, -0.2) is 33.5 Å². The molecule has 0 aliphatic carbocycles. The highest BCUT2D eigenvalue weighted by Gasteiger charge is 2.30. The van der Waals surface area contributed by atoms with E-state index in [1.54, 1.807) is 12.1 Å². The Balaban J connectivity index is 2.12. The lowest BCUT2D eigenvalue weighted by Crippen LogP contribution is -2.42. The van der Waals surface area contributed by atoms with Gasteiger partial charge in [0.15, 0.2) is 0 Å². The Morgan fingerprint density at radius 3 is 2.86 bits per heavy atom. The molecular weight excluding hydrogens is 296 g/mol. The van der Waals surface area contributed by atoms with Crippen molar-refractivity contribution in [2.45, 2.75) is 32.4 Å².